The van der Waals surface area contributed by atoms with Crippen molar-refractivity contribution in [2.75, 3.05) is 12.5 Å². The normalized spacial score (nSPS) is 12.3. The van der Waals surface area contributed by atoms with Gasteiger partial charge in [-0.2, -0.15) is 0 Å². The molecule has 2 aromatic carbocycles. The Balaban J connectivity index is 1.50. The topological polar surface area (TPSA) is 47.6 Å². The second kappa shape index (κ2) is 6.87. The largest absolute Gasteiger partial charge is 0.454 e. The number of ether oxygens (including phenoxy) is 2. The number of hydrogen-bond donors (Lipinski definition) is 1. The highest BCUT2D eigenvalue weighted by atomic mass is 32.2. The Hall–Kier alpha value is -2.28. The molecule has 0 aromatic heterocycles. The van der Waals surface area contributed by atoms with Crippen LogP contribution < -0.4 is 14.8 Å². The van der Waals surface area contributed by atoms with Gasteiger partial charge in [0.2, 0.25) is 12.7 Å². The van der Waals surface area contributed by atoms with Crippen LogP contribution in [-0.4, -0.2) is 18.5 Å². The molecule has 1 aliphatic rings. The molecule has 1 heterocycles. The lowest BCUT2D eigenvalue weighted by atomic mass is 10.2. The van der Waals surface area contributed by atoms with E-state index >= 15 is 0 Å². The summed E-state index contributed by atoms with van der Waals surface area (Å²) < 4.78 is 36.7. The summed E-state index contributed by atoms with van der Waals surface area (Å²) in [5.74, 6) is -0.163. The molecule has 0 unspecified atom stereocenters. The van der Waals surface area contributed by atoms with Gasteiger partial charge in [-0.05, 0) is 29.8 Å². The van der Waals surface area contributed by atoms with E-state index in [1.807, 2.05) is 6.07 Å². The van der Waals surface area contributed by atoms with Gasteiger partial charge in [-0.3, -0.25) is 4.79 Å². The second-order valence-corrected chi connectivity index (χ2v) is 5.84. The monoisotopic (exact) mass is 337 g/mol. The van der Waals surface area contributed by atoms with E-state index in [4.69, 9.17) is 9.47 Å². The fourth-order valence-corrected chi connectivity index (χ4v) is 2.79. The number of halogens is 2. The minimum Gasteiger partial charge on any atom is -0.454 e. The van der Waals surface area contributed by atoms with Gasteiger partial charge < -0.3 is 14.8 Å². The number of thioether (sulfide) groups is 1. The van der Waals surface area contributed by atoms with Crippen LogP contribution in [0.1, 0.15) is 5.56 Å². The smallest absolute Gasteiger partial charge is 0.231 e. The molecular weight excluding hydrogens is 324 g/mol. The van der Waals surface area contributed by atoms with Crippen molar-refractivity contribution in [2.45, 2.75) is 11.4 Å². The molecule has 23 heavy (non-hydrogen) atoms. The van der Waals surface area contributed by atoms with E-state index in [0.717, 1.165) is 29.5 Å². The average molecular weight is 337 g/mol. The van der Waals surface area contributed by atoms with Crippen molar-refractivity contribution >= 4 is 17.7 Å². The lowest BCUT2D eigenvalue weighted by Gasteiger charge is -2.07. The number of carbonyl (C=O) groups excluding carboxylic acids is 1. The van der Waals surface area contributed by atoms with Crippen molar-refractivity contribution in [1.29, 1.82) is 0 Å². The fraction of sp³-hybridized carbons (Fsp3) is 0.188. The molecule has 0 saturated carbocycles. The van der Waals surface area contributed by atoms with Crippen molar-refractivity contribution < 1.29 is 23.0 Å². The number of rotatable bonds is 5. The molecular formula is C16H13F2NO3S. The third kappa shape index (κ3) is 3.92. The van der Waals surface area contributed by atoms with E-state index < -0.39 is 11.6 Å². The highest BCUT2D eigenvalue weighted by molar-refractivity contribution is 8.00. The standard InChI is InChI=1S/C16H13F2NO3S/c17-11-2-4-15(12(18)6-11)23-8-16(20)19-7-10-1-3-13-14(5-10)22-9-21-13/h1-6H,7-9H2,(H,19,20). The SMILES string of the molecule is O=C(CSc1ccc(F)cc1F)NCc1ccc2c(c1)OCO2. The molecule has 0 fully saturated rings. The number of hydrogen-bond acceptors (Lipinski definition) is 4. The van der Waals surface area contributed by atoms with Crippen molar-refractivity contribution in [2.24, 2.45) is 0 Å². The molecule has 0 radical (unpaired) electrons. The molecule has 0 bridgehead atoms. The van der Waals surface area contributed by atoms with E-state index in [-0.39, 0.29) is 23.3 Å². The minimum atomic E-state index is -0.668. The summed E-state index contributed by atoms with van der Waals surface area (Å²) in [5, 5.41) is 2.74. The van der Waals surface area contributed by atoms with Gasteiger partial charge in [-0.25, -0.2) is 8.78 Å². The van der Waals surface area contributed by atoms with Crippen molar-refractivity contribution in [3.63, 3.8) is 0 Å². The predicted octanol–water partition coefficient (Wildman–Crippen LogP) is 3.10. The maximum Gasteiger partial charge on any atom is 0.231 e. The van der Waals surface area contributed by atoms with Gasteiger partial charge in [0.25, 0.3) is 0 Å². The van der Waals surface area contributed by atoms with Crippen LogP contribution in [0.25, 0.3) is 0 Å². The lowest BCUT2D eigenvalue weighted by Crippen LogP contribution is -2.24. The first-order chi connectivity index (χ1) is 11.1. The molecule has 0 saturated heterocycles. The Morgan fingerprint density at radius 2 is 1.96 bits per heavy atom. The summed E-state index contributed by atoms with van der Waals surface area (Å²) in [6.45, 7) is 0.535. The molecule has 0 spiro atoms. The Kier molecular flexibility index (Phi) is 4.66. The third-order valence-electron chi connectivity index (χ3n) is 3.18. The lowest BCUT2D eigenvalue weighted by molar-refractivity contribution is -0.118. The molecule has 4 nitrogen and oxygen atoms in total. The summed E-state index contributed by atoms with van der Waals surface area (Å²) in [5.41, 5.74) is 0.876. The zero-order valence-corrected chi connectivity index (χ0v) is 12.8. The maximum absolute atomic E-state index is 13.5. The van der Waals surface area contributed by atoms with Gasteiger partial charge in [0.1, 0.15) is 11.6 Å². The van der Waals surface area contributed by atoms with E-state index in [9.17, 15) is 13.6 Å². The van der Waals surface area contributed by atoms with Crippen LogP contribution in [0.3, 0.4) is 0 Å². The fourth-order valence-electron chi connectivity index (χ4n) is 2.04. The second-order valence-electron chi connectivity index (χ2n) is 4.83. The Morgan fingerprint density at radius 1 is 1.13 bits per heavy atom. The van der Waals surface area contributed by atoms with Gasteiger partial charge in [0.05, 0.1) is 5.75 Å². The molecule has 1 aliphatic heterocycles. The average Bonchev–Trinajstić information content (AvgIpc) is 2.99. The van der Waals surface area contributed by atoms with Crippen LogP contribution in [-0.2, 0) is 11.3 Å². The maximum atomic E-state index is 13.5. The number of fused-ring (bicyclic) bond motifs is 1. The van der Waals surface area contributed by atoms with E-state index in [1.165, 1.54) is 6.07 Å². The number of amides is 1. The molecule has 0 aliphatic carbocycles. The van der Waals surface area contributed by atoms with Gasteiger partial charge >= 0.3 is 0 Å². The summed E-state index contributed by atoms with van der Waals surface area (Å²) in [6, 6.07) is 8.70. The zero-order valence-electron chi connectivity index (χ0n) is 12.0. The first-order valence-corrected chi connectivity index (χ1v) is 7.83. The van der Waals surface area contributed by atoms with Crippen LogP contribution in [0, 0.1) is 11.6 Å². The van der Waals surface area contributed by atoms with Gasteiger partial charge in [-0.15, -0.1) is 11.8 Å². The highest BCUT2D eigenvalue weighted by Gasteiger charge is 2.13. The third-order valence-corrected chi connectivity index (χ3v) is 4.23. The zero-order chi connectivity index (χ0) is 16.2. The summed E-state index contributed by atoms with van der Waals surface area (Å²) in [7, 11) is 0. The molecule has 120 valence electrons. The minimum absolute atomic E-state index is 0.0487. The predicted molar refractivity (Wildman–Crippen MR) is 81.5 cm³/mol. The summed E-state index contributed by atoms with van der Waals surface area (Å²) >= 11 is 1.02. The molecule has 1 N–H and O–H groups in total. The van der Waals surface area contributed by atoms with E-state index in [2.05, 4.69) is 5.32 Å². The van der Waals surface area contributed by atoms with E-state index in [0.29, 0.717) is 18.0 Å². The first-order valence-electron chi connectivity index (χ1n) is 6.85. The van der Waals surface area contributed by atoms with Gasteiger partial charge in [-0.1, -0.05) is 6.07 Å². The summed E-state index contributed by atoms with van der Waals surface area (Å²) in [4.78, 5) is 12.1. The summed E-state index contributed by atoms with van der Waals surface area (Å²) in [6.07, 6.45) is 0. The van der Waals surface area contributed by atoms with Crippen LogP contribution in [0.2, 0.25) is 0 Å². The van der Waals surface area contributed by atoms with Crippen molar-refractivity contribution in [3.05, 3.63) is 53.6 Å². The first kappa shape index (κ1) is 15.6. The van der Waals surface area contributed by atoms with Gasteiger partial charge in [0.15, 0.2) is 11.5 Å². The highest BCUT2D eigenvalue weighted by Crippen LogP contribution is 2.32. The molecule has 0 atom stereocenters. The molecule has 2 aromatic rings. The van der Waals surface area contributed by atoms with Gasteiger partial charge in [0, 0.05) is 17.5 Å². The number of benzene rings is 2. The van der Waals surface area contributed by atoms with Crippen LogP contribution >= 0.6 is 11.8 Å². The van der Waals surface area contributed by atoms with E-state index in [1.54, 1.807) is 12.1 Å². The van der Waals surface area contributed by atoms with Crippen LogP contribution in [0.4, 0.5) is 8.78 Å². The Labute approximate surface area is 135 Å². The Morgan fingerprint density at radius 3 is 2.78 bits per heavy atom. The number of nitrogens with one attached hydrogen (secondary N) is 1. The molecule has 1 amide bonds. The number of carbonyl (C=O) groups is 1. The molecule has 3 rings (SSSR count). The van der Waals surface area contributed by atoms with Crippen molar-refractivity contribution in [3.8, 4) is 11.5 Å². The molecule has 7 heteroatoms. The van der Waals surface area contributed by atoms with Crippen LogP contribution in [0.5, 0.6) is 11.5 Å². The van der Waals surface area contributed by atoms with Crippen molar-refractivity contribution in [1.82, 2.24) is 5.32 Å². The Bertz CT molecular complexity index is 739. The quantitative estimate of drug-likeness (QED) is 0.852. The van der Waals surface area contributed by atoms with Crippen LogP contribution in [0.15, 0.2) is 41.3 Å².